The Balaban J connectivity index is 1.71. The fourth-order valence-electron chi connectivity index (χ4n) is 2.93. The van der Waals surface area contributed by atoms with Crippen molar-refractivity contribution in [3.05, 3.63) is 42.2 Å². The first kappa shape index (κ1) is 12.6. The van der Waals surface area contributed by atoms with Gasteiger partial charge in [-0.05, 0) is 43.5 Å². The SMILES string of the molecule is CN1CCCC(NCc2cccc3cnccc23)C1. The lowest BCUT2D eigenvalue weighted by atomic mass is 10.0. The summed E-state index contributed by atoms with van der Waals surface area (Å²) in [7, 11) is 2.21. The van der Waals surface area contributed by atoms with E-state index in [2.05, 4.69) is 46.5 Å². The third kappa shape index (κ3) is 2.94. The first-order valence-electron chi connectivity index (χ1n) is 7.06. The van der Waals surface area contributed by atoms with Crippen LogP contribution < -0.4 is 5.32 Å². The summed E-state index contributed by atoms with van der Waals surface area (Å²) in [5.41, 5.74) is 1.37. The van der Waals surface area contributed by atoms with Gasteiger partial charge >= 0.3 is 0 Å². The number of likely N-dealkylation sites (N-methyl/N-ethyl adjacent to an activating group) is 1. The van der Waals surface area contributed by atoms with Gasteiger partial charge < -0.3 is 10.2 Å². The van der Waals surface area contributed by atoms with E-state index < -0.39 is 0 Å². The van der Waals surface area contributed by atoms with Gasteiger partial charge in [0.2, 0.25) is 0 Å². The van der Waals surface area contributed by atoms with E-state index in [1.807, 2.05) is 12.4 Å². The van der Waals surface area contributed by atoms with Gasteiger partial charge in [0.05, 0.1) is 0 Å². The van der Waals surface area contributed by atoms with Gasteiger partial charge in [0, 0.05) is 36.9 Å². The van der Waals surface area contributed by atoms with E-state index >= 15 is 0 Å². The number of nitrogens with zero attached hydrogens (tertiary/aromatic N) is 2. The van der Waals surface area contributed by atoms with Gasteiger partial charge in [0.25, 0.3) is 0 Å². The molecule has 0 spiro atoms. The largest absolute Gasteiger partial charge is 0.309 e. The van der Waals surface area contributed by atoms with Gasteiger partial charge in [-0.25, -0.2) is 0 Å². The Morgan fingerprint density at radius 1 is 1.37 bits per heavy atom. The van der Waals surface area contributed by atoms with Crippen LogP contribution in [0.15, 0.2) is 36.7 Å². The Labute approximate surface area is 114 Å². The zero-order valence-electron chi connectivity index (χ0n) is 11.5. The molecular formula is C16H21N3. The van der Waals surface area contributed by atoms with Crippen LogP contribution in [-0.4, -0.2) is 36.1 Å². The molecule has 1 N–H and O–H groups in total. The second kappa shape index (κ2) is 5.68. The van der Waals surface area contributed by atoms with Crippen molar-refractivity contribution in [1.29, 1.82) is 0 Å². The van der Waals surface area contributed by atoms with Crippen molar-refractivity contribution in [2.75, 3.05) is 20.1 Å². The summed E-state index contributed by atoms with van der Waals surface area (Å²) in [4.78, 5) is 6.60. The van der Waals surface area contributed by atoms with Crippen molar-refractivity contribution in [2.45, 2.75) is 25.4 Å². The monoisotopic (exact) mass is 255 g/mol. The Bertz CT molecular complexity index is 547. The Kier molecular flexibility index (Phi) is 3.76. The first-order chi connectivity index (χ1) is 9.33. The van der Waals surface area contributed by atoms with Crippen molar-refractivity contribution in [3.63, 3.8) is 0 Å². The minimum atomic E-state index is 0.621. The summed E-state index contributed by atoms with van der Waals surface area (Å²) in [6, 6.07) is 9.19. The highest BCUT2D eigenvalue weighted by molar-refractivity contribution is 5.84. The summed E-state index contributed by atoms with van der Waals surface area (Å²) < 4.78 is 0. The van der Waals surface area contributed by atoms with E-state index in [0.29, 0.717) is 6.04 Å². The normalized spacial score (nSPS) is 20.8. The molecule has 1 aliphatic heterocycles. The van der Waals surface area contributed by atoms with E-state index in [9.17, 15) is 0 Å². The number of piperidine rings is 1. The van der Waals surface area contributed by atoms with Crippen molar-refractivity contribution >= 4 is 10.8 Å². The molecule has 3 rings (SSSR count). The Hall–Kier alpha value is -1.45. The van der Waals surface area contributed by atoms with Crippen LogP contribution in [0.3, 0.4) is 0 Å². The number of hydrogen-bond acceptors (Lipinski definition) is 3. The molecule has 1 fully saturated rings. The second-order valence-electron chi connectivity index (χ2n) is 5.50. The van der Waals surface area contributed by atoms with Gasteiger partial charge in [0.15, 0.2) is 0 Å². The van der Waals surface area contributed by atoms with E-state index in [4.69, 9.17) is 0 Å². The minimum absolute atomic E-state index is 0.621. The van der Waals surface area contributed by atoms with Crippen LogP contribution in [0.1, 0.15) is 18.4 Å². The van der Waals surface area contributed by atoms with Gasteiger partial charge in [-0.2, -0.15) is 0 Å². The molecule has 1 aromatic heterocycles. The highest BCUT2D eigenvalue weighted by Crippen LogP contribution is 2.18. The number of pyridine rings is 1. The molecule has 0 radical (unpaired) electrons. The van der Waals surface area contributed by atoms with Crippen molar-refractivity contribution in [3.8, 4) is 0 Å². The number of hydrogen-bond donors (Lipinski definition) is 1. The highest BCUT2D eigenvalue weighted by Gasteiger charge is 2.16. The van der Waals surface area contributed by atoms with Crippen LogP contribution in [0.5, 0.6) is 0 Å². The van der Waals surface area contributed by atoms with Crippen LogP contribution >= 0.6 is 0 Å². The maximum Gasteiger partial charge on any atom is 0.0346 e. The number of nitrogens with one attached hydrogen (secondary N) is 1. The molecule has 2 aromatic rings. The number of likely N-dealkylation sites (tertiary alicyclic amines) is 1. The standard InChI is InChI=1S/C16H21N3/c1-19-9-3-6-15(12-19)18-11-14-5-2-4-13-10-17-8-7-16(13)14/h2,4-5,7-8,10,15,18H,3,6,9,11-12H2,1H3. The van der Waals surface area contributed by atoms with Crippen molar-refractivity contribution in [2.24, 2.45) is 0 Å². The third-order valence-corrected chi connectivity index (χ3v) is 3.98. The topological polar surface area (TPSA) is 28.2 Å². The maximum absolute atomic E-state index is 4.19. The molecule has 1 aromatic carbocycles. The summed E-state index contributed by atoms with van der Waals surface area (Å²) in [5, 5.41) is 6.24. The number of benzene rings is 1. The van der Waals surface area contributed by atoms with E-state index in [1.165, 1.54) is 35.7 Å². The summed E-state index contributed by atoms with van der Waals surface area (Å²) in [6.45, 7) is 3.34. The quantitative estimate of drug-likeness (QED) is 0.913. The summed E-state index contributed by atoms with van der Waals surface area (Å²) in [5.74, 6) is 0. The first-order valence-corrected chi connectivity index (χ1v) is 7.06. The molecule has 3 nitrogen and oxygen atoms in total. The zero-order chi connectivity index (χ0) is 13.1. The Morgan fingerprint density at radius 2 is 2.32 bits per heavy atom. The maximum atomic E-state index is 4.19. The van der Waals surface area contributed by atoms with Gasteiger partial charge in [-0.1, -0.05) is 18.2 Å². The molecule has 2 heterocycles. The van der Waals surface area contributed by atoms with Gasteiger partial charge in [-0.3, -0.25) is 4.98 Å². The molecule has 3 heteroatoms. The molecular weight excluding hydrogens is 234 g/mol. The molecule has 1 atom stereocenters. The average Bonchev–Trinajstić information content (AvgIpc) is 2.45. The zero-order valence-corrected chi connectivity index (χ0v) is 11.5. The smallest absolute Gasteiger partial charge is 0.0346 e. The van der Waals surface area contributed by atoms with Gasteiger partial charge in [0.1, 0.15) is 0 Å². The van der Waals surface area contributed by atoms with E-state index in [0.717, 1.165) is 13.1 Å². The predicted molar refractivity (Wildman–Crippen MR) is 79.1 cm³/mol. The lowest BCUT2D eigenvalue weighted by molar-refractivity contribution is 0.226. The fourth-order valence-corrected chi connectivity index (χ4v) is 2.93. The molecule has 1 unspecified atom stereocenters. The Morgan fingerprint density at radius 3 is 3.21 bits per heavy atom. The fraction of sp³-hybridized carbons (Fsp3) is 0.438. The summed E-state index contributed by atoms with van der Waals surface area (Å²) >= 11 is 0. The number of rotatable bonds is 3. The molecule has 1 aliphatic rings. The third-order valence-electron chi connectivity index (χ3n) is 3.98. The number of fused-ring (bicyclic) bond motifs is 1. The van der Waals surface area contributed by atoms with Crippen LogP contribution in [0.25, 0.3) is 10.8 Å². The molecule has 0 aliphatic carbocycles. The van der Waals surface area contributed by atoms with Crippen molar-refractivity contribution in [1.82, 2.24) is 15.2 Å². The van der Waals surface area contributed by atoms with Crippen LogP contribution in [0.2, 0.25) is 0 Å². The van der Waals surface area contributed by atoms with E-state index in [1.54, 1.807) is 0 Å². The van der Waals surface area contributed by atoms with Crippen LogP contribution in [0.4, 0.5) is 0 Å². The van der Waals surface area contributed by atoms with Crippen LogP contribution in [0, 0.1) is 0 Å². The molecule has 19 heavy (non-hydrogen) atoms. The molecule has 0 amide bonds. The lowest BCUT2D eigenvalue weighted by Gasteiger charge is -2.30. The molecule has 1 saturated heterocycles. The molecule has 0 saturated carbocycles. The highest BCUT2D eigenvalue weighted by atomic mass is 15.1. The molecule has 0 bridgehead atoms. The predicted octanol–water partition coefficient (Wildman–Crippen LogP) is 2.42. The average molecular weight is 255 g/mol. The van der Waals surface area contributed by atoms with Crippen LogP contribution in [-0.2, 0) is 6.54 Å². The van der Waals surface area contributed by atoms with E-state index in [-0.39, 0.29) is 0 Å². The lowest BCUT2D eigenvalue weighted by Crippen LogP contribution is -2.43. The summed E-state index contributed by atoms with van der Waals surface area (Å²) in [6.07, 6.45) is 6.40. The second-order valence-corrected chi connectivity index (χ2v) is 5.50. The van der Waals surface area contributed by atoms with Gasteiger partial charge in [-0.15, -0.1) is 0 Å². The van der Waals surface area contributed by atoms with Crippen molar-refractivity contribution < 1.29 is 0 Å². The molecule has 100 valence electrons. The number of aromatic nitrogens is 1. The minimum Gasteiger partial charge on any atom is -0.309 e.